The third-order valence-electron chi connectivity index (χ3n) is 3.75. The molecular weight excluding hydrogens is 342 g/mol. The zero-order valence-electron chi connectivity index (χ0n) is 14.0. The van der Waals surface area contributed by atoms with Gasteiger partial charge in [-0.05, 0) is 42.8 Å². The lowest BCUT2D eigenvalue weighted by Crippen LogP contribution is -2.21. The summed E-state index contributed by atoms with van der Waals surface area (Å²) in [5.41, 5.74) is 2.15. The molecule has 0 amide bonds. The van der Waals surface area contributed by atoms with Crippen LogP contribution in [0, 0.1) is 6.92 Å². The quantitative estimate of drug-likeness (QED) is 0.669. The molecule has 0 unspecified atom stereocenters. The molecule has 1 heterocycles. The maximum absolute atomic E-state index is 12.2. The van der Waals surface area contributed by atoms with Crippen LogP contribution in [0.5, 0.6) is 11.5 Å². The van der Waals surface area contributed by atoms with Crippen LogP contribution >= 0.6 is 0 Å². The molecule has 7 nitrogen and oxygen atoms in total. The predicted molar refractivity (Wildman–Crippen MR) is 94.9 cm³/mol. The highest BCUT2D eigenvalue weighted by molar-refractivity contribution is 7.90. The Morgan fingerprint density at radius 2 is 2.00 bits per heavy atom. The number of amidine groups is 1. The van der Waals surface area contributed by atoms with Crippen LogP contribution < -0.4 is 4.74 Å². The zero-order chi connectivity index (χ0) is 18.2. The number of hydrogen-bond donors (Lipinski definition) is 1. The highest BCUT2D eigenvalue weighted by Gasteiger charge is 2.30. The number of sulfonamides is 1. The second-order valence-corrected chi connectivity index (χ2v) is 7.16. The molecule has 0 radical (unpaired) electrons. The Bertz CT molecular complexity index is 997. The van der Waals surface area contributed by atoms with Crippen molar-refractivity contribution < 1.29 is 18.3 Å². The van der Waals surface area contributed by atoms with Gasteiger partial charge in [0, 0.05) is 12.6 Å². The minimum absolute atomic E-state index is 0.0312. The van der Waals surface area contributed by atoms with E-state index in [0.717, 1.165) is 5.56 Å². The summed E-state index contributed by atoms with van der Waals surface area (Å²) in [6.45, 7) is 1.88. The molecule has 1 N–H and O–H groups in total. The highest BCUT2D eigenvalue weighted by atomic mass is 32.2. The Morgan fingerprint density at radius 1 is 1.24 bits per heavy atom. The van der Waals surface area contributed by atoms with E-state index in [0.29, 0.717) is 16.9 Å². The molecule has 8 heteroatoms. The van der Waals surface area contributed by atoms with Crippen molar-refractivity contribution >= 4 is 22.1 Å². The molecule has 0 saturated carbocycles. The number of methoxy groups -OCH3 is 1. The minimum Gasteiger partial charge on any atom is -0.504 e. The van der Waals surface area contributed by atoms with Crippen LogP contribution in [0.1, 0.15) is 16.7 Å². The van der Waals surface area contributed by atoms with Gasteiger partial charge < -0.3 is 9.84 Å². The lowest BCUT2D eigenvalue weighted by Gasteiger charge is -2.13. The average molecular weight is 359 g/mol. The molecular formula is C17H17N3O4S. The van der Waals surface area contributed by atoms with Crippen LogP contribution in [0.15, 0.2) is 50.8 Å². The summed E-state index contributed by atoms with van der Waals surface area (Å²) in [5, 5.41) is 15.3. The number of hydrazone groups is 1. The number of rotatable bonds is 3. The summed E-state index contributed by atoms with van der Waals surface area (Å²) in [7, 11) is -0.614. The highest BCUT2D eigenvalue weighted by Crippen LogP contribution is 2.28. The van der Waals surface area contributed by atoms with Crippen LogP contribution in [-0.2, 0) is 10.0 Å². The van der Waals surface area contributed by atoms with E-state index < -0.39 is 10.0 Å². The molecule has 130 valence electrons. The fraction of sp³-hybridized carbons (Fsp3) is 0.176. The number of aryl methyl sites for hydroxylation is 1. The SMILES string of the molecule is COc1cc(C=NN(C)C2=NS(=O)(=O)c3ccc(C)cc32)ccc1O. The van der Waals surface area contributed by atoms with Crippen LogP contribution in [0.3, 0.4) is 0 Å². The Morgan fingerprint density at radius 3 is 2.72 bits per heavy atom. The van der Waals surface area contributed by atoms with Crippen LogP contribution in [0.2, 0.25) is 0 Å². The Balaban J connectivity index is 1.92. The van der Waals surface area contributed by atoms with Crippen molar-refractivity contribution in [1.29, 1.82) is 0 Å². The molecule has 0 atom stereocenters. The smallest absolute Gasteiger partial charge is 0.285 e. The molecule has 0 saturated heterocycles. The van der Waals surface area contributed by atoms with Crippen molar-refractivity contribution in [1.82, 2.24) is 5.01 Å². The molecule has 25 heavy (non-hydrogen) atoms. The molecule has 1 aliphatic rings. The Kier molecular flexibility index (Phi) is 4.22. The first kappa shape index (κ1) is 17.0. The average Bonchev–Trinajstić information content (AvgIpc) is 2.84. The summed E-state index contributed by atoms with van der Waals surface area (Å²) in [6, 6.07) is 9.85. The van der Waals surface area contributed by atoms with E-state index in [1.54, 1.807) is 37.4 Å². The number of phenols is 1. The van der Waals surface area contributed by atoms with E-state index in [4.69, 9.17) is 4.74 Å². The number of nitrogens with zero attached hydrogens (tertiary/aromatic N) is 3. The van der Waals surface area contributed by atoms with Gasteiger partial charge in [-0.2, -0.15) is 13.5 Å². The largest absolute Gasteiger partial charge is 0.504 e. The van der Waals surface area contributed by atoms with Gasteiger partial charge in [0.1, 0.15) is 4.90 Å². The van der Waals surface area contributed by atoms with E-state index in [1.165, 1.54) is 24.4 Å². The van der Waals surface area contributed by atoms with Crippen LogP contribution in [0.4, 0.5) is 0 Å². The van der Waals surface area contributed by atoms with E-state index in [2.05, 4.69) is 9.50 Å². The van der Waals surface area contributed by atoms with Gasteiger partial charge in [0.15, 0.2) is 17.3 Å². The molecule has 0 fully saturated rings. The topological polar surface area (TPSA) is 91.6 Å². The normalized spacial score (nSPS) is 15.1. The predicted octanol–water partition coefficient (Wildman–Crippen LogP) is 2.12. The number of aromatic hydroxyl groups is 1. The standard InChI is InChI=1S/C17H17N3O4S/c1-11-4-7-16-13(8-11)17(19-25(16,22)23)20(2)18-10-12-5-6-14(21)15(9-12)24-3/h4-10,21H,1-3H3. The van der Waals surface area contributed by atoms with Gasteiger partial charge in [0.05, 0.1) is 13.3 Å². The maximum atomic E-state index is 12.2. The number of ether oxygens (including phenoxy) is 1. The number of hydrogen-bond acceptors (Lipinski definition) is 6. The first-order valence-corrected chi connectivity index (χ1v) is 8.86. The lowest BCUT2D eigenvalue weighted by molar-refractivity contribution is 0.373. The fourth-order valence-electron chi connectivity index (χ4n) is 2.47. The second-order valence-electron chi connectivity index (χ2n) is 5.59. The van der Waals surface area contributed by atoms with Gasteiger partial charge in [-0.15, -0.1) is 4.40 Å². The van der Waals surface area contributed by atoms with Crippen LogP contribution in [0.25, 0.3) is 0 Å². The summed E-state index contributed by atoms with van der Waals surface area (Å²) in [5.74, 6) is 0.623. The minimum atomic E-state index is -3.70. The molecule has 2 aromatic rings. The van der Waals surface area contributed by atoms with Crippen molar-refractivity contribution in [2.75, 3.05) is 14.2 Å². The molecule has 2 aromatic carbocycles. The van der Waals surface area contributed by atoms with Crippen LogP contribution in [-0.4, -0.2) is 44.7 Å². The first-order chi connectivity index (χ1) is 11.8. The van der Waals surface area contributed by atoms with Crippen molar-refractivity contribution in [3.05, 3.63) is 53.1 Å². The molecule has 0 bridgehead atoms. The van der Waals surface area contributed by atoms with Crippen molar-refractivity contribution in [3.8, 4) is 11.5 Å². The van der Waals surface area contributed by atoms with E-state index in [-0.39, 0.29) is 16.5 Å². The third kappa shape index (κ3) is 3.20. The van der Waals surface area contributed by atoms with Gasteiger partial charge in [-0.3, -0.25) is 0 Å². The van der Waals surface area contributed by atoms with Gasteiger partial charge in [0.25, 0.3) is 10.0 Å². The van der Waals surface area contributed by atoms with E-state index in [1.807, 2.05) is 6.92 Å². The third-order valence-corrected chi connectivity index (χ3v) is 5.08. The molecule has 0 spiro atoms. The summed E-state index contributed by atoms with van der Waals surface area (Å²) in [6.07, 6.45) is 1.53. The fourth-order valence-corrected chi connectivity index (χ4v) is 3.68. The van der Waals surface area contributed by atoms with Crippen molar-refractivity contribution in [3.63, 3.8) is 0 Å². The summed E-state index contributed by atoms with van der Waals surface area (Å²) >= 11 is 0. The van der Waals surface area contributed by atoms with Crippen molar-refractivity contribution in [2.45, 2.75) is 11.8 Å². The Hall–Kier alpha value is -2.87. The van der Waals surface area contributed by atoms with E-state index in [9.17, 15) is 13.5 Å². The Labute approximate surface area is 145 Å². The molecule has 0 aromatic heterocycles. The summed E-state index contributed by atoms with van der Waals surface area (Å²) in [4.78, 5) is 0.182. The number of benzene rings is 2. The van der Waals surface area contributed by atoms with Gasteiger partial charge in [-0.25, -0.2) is 5.01 Å². The van der Waals surface area contributed by atoms with E-state index >= 15 is 0 Å². The van der Waals surface area contributed by atoms with Gasteiger partial charge >= 0.3 is 0 Å². The van der Waals surface area contributed by atoms with Gasteiger partial charge in [-0.1, -0.05) is 11.6 Å². The van der Waals surface area contributed by atoms with Crippen molar-refractivity contribution in [2.24, 2.45) is 9.50 Å². The zero-order valence-corrected chi connectivity index (χ0v) is 14.8. The molecule has 0 aliphatic carbocycles. The van der Waals surface area contributed by atoms with Gasteiger partial charge in [0.2, 0.25) is 0 Å². The molecule has 1 aliphatic heterocycles. The monoisotopic (exact) mass is 359 g/mol. The first-order valence-electron chi connectivity index (χ1n) is 7.42. The maximum Gasteiger partial charge on any atom is 0.285 e. The number of phenolic OH excluding ortho intramolecular Hbond substituents is 1. The second kappa shape index (κ2) is 6.21. The lowest BCUT2D eigenvalue weighted by atomic mass is 10.1. The number of fused-ring (bicyclic) bond motifs is 1. The molecule has 3 rings (SSSR count). The summed E-state index contributed by atoms with van der Waals surface area (Å²) < 4.78 is 33.2.